The average Bonchev–Trinajstić information content (AvgIpc) is 2.82. The molecule has 1 aliphatic heterocycles. The summed E-state index contributed by atoms with van der Waals surface area (Å²) in [5, 5.41) is 14.1. The van der Waals surface area contributed by atoms with E-state index in [9.17, 15) is 14.9 Å². The van der Waals surface area contributed by atoms with Gasteiger partial charge in [-0.25, -0.2) is 0 Å². The Balaban J connectivity index is 1.53. The van der Waals surface area contributed by atoms with Gasteiger partial charge in [0.15, 0.2) is 0 Å². The lowest BCUT2D eigenvalue weighted by atomic mass is 10.1. The Labute approximate surface area is 192 Å². The van der Waals surface area contributed by atoms with E-state index in [1.165, 1.54) is 17.8 Å². The lowest BCUT2D eigenvalue weighted by molar-refractivity contribution is -0.385. The van der Waals surface area contributed by atoms with Crippen molar-refractivity contribution < 1.29 is 19.2 Å². The first-order valence-electron chi connectivity index (χ1n) is 10.6. The van der Waals surface area contributed by atoms with Crippen LogP contribution >= 0.6 is 11.8 Å². The van der Waals surface area contributed by atoms with Crippen molar-refractivity contribution in [3.05, 3.63) is 63.7 Å². The highest BCUT2D eigenvalue weighted by Crippen LogP contribution is 2.25. The number of hydrogen-bond donors (Lipinski definition) is 1. The van der Waals surface area contributed by atoms with Crippen LogP contribution in [0.5, 0.6) is 5.75 Å². The Kier molecular flexibility index (Phi) is 8.90. The summed E-state index contributed by atoms with van der Waals surface area (Å²) in [6.07, 6.45) is 3.95. The molecule has 0 bridgehead atoms. The Hall–Kier alpha value is -2.62. The zero-order chi connectivity index (χ0) is 22.9. The van der Waals surface area contributed by atoms with Crippen LogP contribution < -0.4 is 10.1 Å². The third-order valence-electron chi connectivity index (χ3n) is 5.52. The lowest BCUT2D eigenvalue weighted by Crippen LogP contribution is -2.38. The summed E-state index contributed by atoms with van der Waals surface area (Å²) in [7, 11) is 2.11. The molecule has 2 aromatic carbocycles. The predicted molar refractivity (Wildman–Crippen MR) is 124 cm³/mol. The summed E-state index contributed by atoms with van der Waals surface area (Å²) in [4.78, 5) is 26.5. The van der Waals surface area contributed by atoms with Gasteiger partial charge < -0.3 is 14.8 Å². The Morgan fingerprint density at radius 1 is 1.28 bits per heavy atom. The minimum absolute atomic E-state index is 0.0606. The highest BCUT2D eigenvalue weighted by Gasteiger charge is 2.21. The van der Waals surface area contributed by atoms with Crippen LogP contribution in [0.4, 0.5) is 5.69 Å². The van der Waals surface area contributed by atoms with Crippen LogP contribution in [-0.4, -0.2) is 61.4 Å². The molecule has 2 aromatic rings. The molecular formula is C23H29N3O5S. The van der Waals surface area contributed by atoms with Crippen LogP contribution in [0.1, 0.15) is 28.8 Å². The van der Waals surface area contributed by atoms with Crippen molar-refractivity contribution in [3.8, 4) is 5.75 Å². The number of carbonyl (C=O) groups is 1. The van der Waals surface area contributed by atoms with Crippen molar-refractivity contribution in [2.45, 2.75) is 30.3 Å². The Morgan fingerprint density at radius 3 is 2.78 bits per heavy atom. The largest absolute Gasteiger partial charge is 0.492 e. The second kappa shape index (κ2) is 11.8. The van der Waals surface area contributed by atoms with E-state index in [2.05, 4.69) is 17.3 Å². The van der Waals surface area contributed by atoms with Crippen molar-refractivity contribution in [3.63, 3.8) is 0 Å². The van der Waals surface area contributed by atoms with Gasteiger partial charge in [0.05, 0.1) is 4.92 Å². The van der Waals surface area contributed by atoms with Gasteiger partial charge in [-0.1, -0.05) is 12.1 Å². The molecule has 32 heavy (non-hydrogen) atoms. The molecule has 172 valence electrons. The average molecular weight is 460 g/mol. The molecular weight excluding hydrogens is 430 g/mol. The first-order chi connectivity index (χ1) is 15.5. The number of amides is 1. The van der Waals surface area contributed by atoms with Gasteiger partial charge in [-0.3, -0.25) is 19.8 Å². The molecule has 1 heterocycles. The fraction of sp³-hybridized carbons (Fsp3) is 0.435. The summed E-state index contributed by atoms with van der Waals surface area (Å²) >= 11 is 1.43. The molecule has 1 amide bonds. The second-order valence-electron chi connectivity index (χ2n) is 7.64. The molecule has 9 heteroatoms. The second-order valence-corrected chi connectivity index (χ2v) is 8.52. The molecule has 0 aliphatic carbocycles. The third kappa shape index (κ3) is 6.69. The molecule has 1 aliphatic rings. The summed E-state index contributed by atoms with van der Waals surface area (Å²) in [5.41, 5.74) is 0.716. The zero-order valence-corrected chi connectivity index (χ0v) is 19.2. The van der Waals surface area contributed by atoms with E-state index in [0.717, 1.165) is 48.8 Å². The van der Waals surface area contributed by atoms with Crippen molar-refractivity contribution >= 4 is 23.4 Å². The molecule has 0 atom stereocenters. The Morgan fingerprint density at radius 2 is 2.06 bits per heavy atom. The lowest BCUT2D eigenvalue weighted by Gasteiger charge is -2.31. The van der Waals surface area contributed by atoms with E-state index in [0.29, 0.717) is 12.6 Å². The maximum absolute atomic E-state index is 12.6. The molecule has 0 aromatic heterocycles. The highest BCUT2D eigenvalue weighted by molar-refractivity contribution is 7.98. The van der Waals surface area contributed by atoms with Crippen molar-refractivity contribution in [1.82, 2.24) is 10.2 Å². The van der Waals surface area contributed by atoms with Gasteiger partial charge in [-0.15, -0.1) is 11.8 Å². The predicted octanol–water partition coefficient (Wildman–Crippen LogP) is 3.74. The van der Waals surface area contributed by atoms with E-state index in [1.54, 1.807) is 12.1 Å². The van der Waals surface area contributed by atoms with Crippen molar-refractivity contribution in [2.24, 2.45) is 0 Å². The van der Waals surface area contributed by atoms with Gasteiger partial charge in [0.2, 0.25) is 0 Å². The summed E-state index contributed by atoms with van der Waals surface area (Å²) < 4.78 is 11.3. The number of thioether (sulfide) groups is 1. The van der Waals surface area contributed by atoms with Gasteiger partial charge in [0.1, 0.15) is 17.9 Å². The van der Waals surface area contributed by atoms with Crippen LogP contribution in [0.2, 0.25) is 0 Å². The van der Waals surface area contributed by atoms with Gasteiger partial charge in [-0.05, 0) is 56.0 Å². The molecule has 0 saturated carbocycles. The summed E-state index contributed by atoms with van der Waals surface area (Å²) in [6, 6.07) is 12.6. The Bertz CT molecular complexity index is 934. The molecule has 1 saturated heterocycles. The van der Waals surface area contributed by atoms with E-state index < -0.39 is 10.8 Å². The number of hydrogen-bond acceptors (Lipinski definition) is 7. The van der Waals surface area contributed by atoms with Crippen LogP contribution in [0.3, 0.4) is 0 Å². The SMILES string of the molecule is CSc1ccc([N+](=O)[O-])c(C(=O)NCc2cccc(OCCN(C)C3CCOCC3)c2)c1. The van der Waals surface area contributed by atoms with E-state index >= 15 is 0 Å². The van der Waals surface area contributed by atoms with Gasteiger partial charge in [0.25, 0.3) is 11.6 Å². The topological polar surface area (TPSA) is 93.9 Å². The van der Waals surface area contributed by atoms with Crippen LogP contribution in [0.15, 0.2) is 47.4 Å². The van der Waals surface area contributed by atoms with Crippen molar-refractivity contribution in [2.75, 3.05) is 39.7 Å². The summed E-state index contributed by atoms with van der Waals surface area (Å²) in [5.74, 6) is 0.254. The maximum Gasteiger partial charge on any atom is 0.282 e. The molecule has 1 fully saturated rings. The van der Waals surface area contributed by atoms with Gasteiger partial charge in [0, 0.05) is 43.3 Å². The fourth-order valence-electron chi connectivity index (χ4n) is 3.62. The van der Waals surface area contributed by atoms with E-state index in [4.69, 9.17) is 9.47 Å². The minimum atomic E-state index is -0.537. The number of nitro benzene ring substituents is 1. The van der Waals surface area contributed by atoms with Crippen LogP contribution in [-0.2, 0) is 11.3 Å². The molecule has 0 unspecified atom stereocenters. The first-order valence-corrected chi connectivity index (χ1v) is 11.8. The number of nitrogens with zero attached hydrogens (tertiary/aromatic N) is 2. The molecule has 0 radical (unpaired) electrons. The van der Waals surface area contributed by atoms with Crippen LogP contribution in [0.25, 0.3) is 0 Å². The molecule has 3 rings (SSSR count). The van der Waals surface area contributed by atoms with Gasteiger partial charge in [-0.2, -0.15) is 0 Å². The monoisotopic (exact) mass is 459 g/mol. The molecule has 0 spiro atoms. The fourth-order valence-corrected chi connectivity index (χ4v) is 4.06. The van der Waals surface area contributed by atoms with Crippen molar-refractivity contribution in [1.29, 1.82) is 0 Å². The quantitative estimate of drug-likeness (QED) is 0.329. The number of likely N-dealkylation sites (N-methyl/N-ethyl adjacent to an activating group) is 1. The van der Waals surface area contributed by atoms with E-state index in [1.807, 2.05) is 30.5 Å². The number of nitro groups is 1. The number of nitrogens with one attached hydrogen (secondary N) is 1. The number of ether oxygens (including phenoxy) is 2. The van der Waals surface area contributed by atoms with Gasteiger partial charge >= 0.3 is 0 Å². The van der Waals surface area contributed by atoms with E-state index in [-0.39, 0.29) is 17.8 Å². The number of rotatable bonds is 10. The maximum atomic E-state index is 12.6. The van der Waals surface area contributed by atoms with Crippen LogP contribution in [0, 0.1) is 10.1 Å². The minimum Gasteiger partial charge on any atom is -0.492 e. The number of benzene rings is 2. The number of carbonyl (C=O) groups excluding carboxylic acids is 1. The first kappa shape index (κ1) is 24.0. The zero-order valence-electron chi connectivity index (χ0n) is 18.4. The highest BCUT2D eigenvalue weighted by atomic mass is 32.2. The standard InChI is InChI=1S/C23H29N3O5S/c1-25(18-8-11-30-12-9-18)10-13-31-19-5-3-4-17(14-19)16-24-23(27)21-15-20(32-2)6-7-22(21)26(28)29/h3-7,14-15,18H,8-13,16H2,1-2H3,(H,24,27). The molecule has 1 N–H and O–H groups in total. The normalized spacial score (nSPS) is 14.3. The molecule has 8 nitrogen and oxygen atoms in total. The third-order valence-corrected chi connectivity index (χ3v) is 6.25. The smallest absolute Gasteiger partial charge is 0.282 e. The summed E-state index contributed by atoms with van der Waals surface area (Å²) in [6.45, 7) is 3.26.